The van der Waals surface area contributed by atoms with Crippen molar-refractivity contribution in [1.82, 2.24) is 20.1 Å². The molecule has 3 rings (SSSR count). The molecule has 2 aliphatic rings. The van der Waals surface area contributed by atoms with Crippen LogP contribution >= 0.6 is 0 Å². The zero-order valence-electron chi connectivity index (χ0n) is 17.0. The summed E-state index contributed by atoms with van der Waals surface area (Å²) >= 11 is 0. The number of nitrogens with one attached hydrogen (secondary N) is 1. The van der Waals surface area contributed by atoms with Crippen LogP contribution in [0.15, 0.2) is 24.4 Å². The summed E-state index contributed by atoms with van der Waals surface area (Å²) < 4.78 is 5.30. The zero-order chi connectivity index (χ0) is 19.9. The van der Waals surface area contributed by atoms with Crippen molar-refractivity contribution in [3.63, 3.8) is 0 Å². The molecule has 1 aromatic rings. The Hall–Kier alpha value is -2.15. The van der Waals surface area contributed by atoms with Crippen molar-refractivity contribution in [1.29, 1.82) is 0 Å². The number of ether oxygens (including phenoxy) is 1. The lowest BCUT2D eigenvalue weighted by Gasteiger charge is -2.41. The maximum absolute atomic E-state index is 12.6. The molecule has 0 aromatic carbocycles. The van der Waals surface area contributed by atoms with Gasteiger partial charge in [-0.3, -0.25) is 14.7 Å². The third-order valence-electron chi connectivity index (χ3n) is 5.57. The molecule has 3 heterocycles. The first kappa shape index (κ1) is 20.6. The van der Waals surface area contributed by atoms with Crippen molar-refractivity contribution in [2.45, 2.75) is 58.2 Å². The number of piperidine rings is 2. The van der Waals surface area contributed by atoms with Gasteiger partial charge < -0.3 is 15.0 Å². The minimum atomic E-state index is -0.209. The molecule has 7 nitrogen and oxygen atoms in total. The normalized spacial score (nSPS) is 21.5. The number of hydrogen-bond acceptors (Lipinski definition) is 5. The van der Waals surface area contributed by atoms with Crippen LogP contribution in [0.4, 0.5) is 4.79 Å². The number of hydrogen-bond donors (Lipinski definition) is 1. The fourth-order valence-electron chi connectivity index (χ4n) is 4.07. The number of carbonyl (C=O) groups is 2. The van der Waals surface area contributed by atoms with Crippen molar-refractivity contribution in [2.24, 2.45) is 5.92 Å². The van der Waals surface area contributed by atoms with Crippen LogP contribution in [0.3, 0.4) is 0 Å². The summed E-state index contributed by atoms with van der Waals surface area (Å²) in [6, 6.07) is 6.17. The second-order valence-electron chi connectivity index (χ2n) is 8.02. The minimum Gasteiger partial charge on any atom is -0.447 e. The van der Waals surface area contributed by atoms with Gasteiger partial charge in [0.2, 0.25) is 5.91 Å². The maximum atomic E-state index is 12.6. The summed E-state index contributed by atoms with van der Waals surface area (Å²) in [7, 11) is 0. The Morgan fingerprint density at radius 1 is 1.21 bits per heavy atom. The van der Waals surface area contributed by atoms with Crippen molar-refractivity contribution in [2.75, 3.05) is 26.2 Å². The molecule has 28 heavy (non-hydrogen) atoms. The average Bonchev–Trinajstić information content (AvgIpc) is 2.72. The Bertz CT molecular complexity index is 644. The summed E-state index contributed by atoms with van der Waals surface area (Å²) in [5.41, 5.74) is 0.879. The van der Waals surface area contributed by atoms with Gasteiger partial charge in [0.1, 0.15) is 0 Å². The lowest BCUT2D eigenvalue weighted by Crippen LogP contribution is -2.51. The van der Waals surface area contributed by atoms with E-state index in [4.69, 9.17) is 4.74 Å². The Morgan fingerprint density at radius 3 is 2.68 bits per heavy atom. The number of nitrogens with zero attached hydrogens (tertiary/aromatic N) is 3. The zero-order valence-corrected chi connectivity index (χ0v) is 17.0. The molecule has 0 saturated carbocycles. The van der Waals surface area contributed by atoms with Crippen LogP contribution in [0.2, 0.25) is 0 Å². The van der Waals surface area contributed by atoms with Crippen LogP contribution in [-0.4, -0.2) is 65.1 Å². The Morgan fingerprint density at radius 2 is 2.00 bits per heavy atom. The Balaban J connectivity index is 1.44. The first-order valence-electron chi connectivity index (χ1n) is 10.4. The first-order chi connectivity index (χ1) is 13.5. The number of carbonyl (C=O) groups excluding carboxylic acids is 2. The molecular formula is C21H32N4O3. The summed E-state index contributed by atoms with van der Waals surface area (Å²) in [4.78, 5) is 33.2. The van der Waals surface area contributed by atoms with Crippen LogP contribution in [0.5, 0.6) is 0 Å². The molecule has 0 radical (unpaired) electrons. The number of rotatable bonds is 5. The lowest BCUT2D eigenvalue weighted by atomic mass is 9.93. The third kappa shape index (κ3) is 5.67. The van der Waals surface area contributed by atoms with E-state index in [2.05, 4.69) is 15.2 Å². The molecule has 2 saturated heterocycles. The molecule has 1 N–H and O–H groups in total. The van der Waals surface area contributed by atoms with Gasteiger partial charge in [0.15, 0.2) is 0 Å². The third-order valence-corrected chi connectivity index (χ3v) is 5.57. The van der Waals surface area contributed by atoms with Gasteiger partial charge in [-0.1, -0.05) is 6.07 Å². The first-order valence-corrected chi connectivity index (χ1v) is 10.4. The fraction of sp³-hybridized carbons (Fsp3) is 0.667. The summed E-state index contributed by atoms with van der Waals surface area (Å²) in [5, 5.41) is 3.03. The van der Waals surface area contributed by atoms with E-state index in [0.717, 1.165) is 57.6 Å². The number of pyridine rings is 1. The second kappa shape index (κ2) is 9.87. The highest BCUT2D eigenvalue weighted by atomic mass is 16.6. The van der Waals surface area contributed by atoms with E-state index in [1.807, 2.05) is 32.0 Å². The van der Waals surface area contributed by atoms with Crippen LogP contribution < -0.4 is 5.32 Å². The molecule has 0 spiro atoms. The summed E-state index contributed by atoms with van der Waals surface area (Å²) in [6.07, 6.45) is 5.30. The molecule has 2 aliphatic heterocycles. The highest BCUT2D eigenvalue weighted by Gasteiger charge is 2.32. The maximum Gasteiger partial charge on any atom is 0.410 e. The molecule has 2 fully saturated rings. The smallest absolute Gasteiger partial charge is 0.410 e. The van der Waals surface area contributed by atoms with Gasteiger partial charge >= 0.3 is 6.09 Å². The molecular weight excluding hydrogens is 356 g/mol. The predicted octanol–water partition coefficient (Wildman–Crippen LogP) is 2.42. The van der Waals surface area contributed by atoms with Gasteiger partial charge in [-0.15, -0.1) is 0 Å². The van der Waals surface area contributed by atoms with Gasteiger partial charge in [0, 0.05) is 31.9 Å². The monoisotopic (exact) mass is 388 g/mol. The molecule has 7 heteroatoms. The van der Waals surface area contributed by atoms with Crippen LogP contribution in [-0.2, 0) is 16.1 Å². The van der Waals surface area contributed by atoms with Crippen molar-refractivity contribution in [3.05, 3.63) is 30.1 Å². The molecule has 0 unspecified atom stereocenters. The van der Waals surface area contributed by atoms with Crippen molar-refractivity contribution >= 4 is 12.0 Å². The van der Waals surface area contributed by atoms with Crippen LogP contribution in [0.1, 0.15) is 45.2 Å². The van der Waals surface area contributed by atoms with E-state index in [1.165, 1.54) is 0 Å². The van der Waals surface area contributed by atoms with E-state index >= 15 is 0 Å². The Labute approximate surface area is 167 Å². The molecule has 0 bridgehead atoms. The van der Waals surface area contributed by atoms with E-state index < -0.39 is 0 Å². The molecule has 1 aromatic heterocycles. The lowest BCUT2D eigenvalue weighted by molar-refractivity contribution is -0.127. The van der Waals surface area contributed by atoms with E-state index in [0.29, 0.717) is 12.6 Å². The fourth-order valence-corrected chi connectivity index (χ4v) is 4.07. The molecule has 1 atom stereocenters. The predicted molar refractivity (Wildman–Crippen MR) is 107 cm³/mol. The van der Waals surface area contributed by atoms with Gasteiger partial charge in [-0.25, -0.2) is 4.79 Å². The Kier molecular flexibility index (Phi) is 7.25. The van der Waals surface area contributed by atoms with Gasteiger partial charge in [0.05, 0.1) is 24.3 Å². The van der Waals surface area contributed by atoms with E-state index in [-0.39, 0.29) is 24.0 Å². The number of amides is 2. The molecule has 2 amide bonds. The highest BCUT2D eigenvalue weighted by molar-refractivity contribution is 5.78. The molecule has 0 aliphatic carbocycles. The highest BCUT2D eigenvalue weighted by Crippen LogP contribution is 2.24. The summed E-state index contributed by atoms with van der Waals surface area (Å²) in [5.74, 6) is 0.148. The standard InChI is InChI=1S/C21H32N4O3/c1-16(2)28-21(27)24-12-8-19(9-13-24)25-11-5-6-17(15-25)20(26)23-14-18-7-3-4-10-22-18/h3-4,7,10,16-17,19H,5-6,8-9,11-15H2,1-2H3,(H,23,26)/t17-/m1/s1. The van der Waals surface area contributed by atoms with Crippen LogP contribution in [0, 0.1) is 5.92 Å². The summed E-state index contributed by atoms with van der Waals surface area (Å²) in [6.45, 7) is 7.51. The van der Waals surface area contributed by atoms with Gasteiger partial charge in [-0.05, 0) is 58.2 Å². The van der Waals surface area contributed by atoms with Crippen molar-refractivity contribution < 1.29 is 14.3 Å². The largest absolute Gasteiger partial charge is 0.447 e. The van der Waals surface area contributed by atoms with Crippen LogP contribution in [0.25, 0.3) is 0 Å². The SMILES string of the molecule is CC(C)OC(=O)N1CCC(N2CCC[C@@H](C(=O)NCc3ccccn3)C2)CC1. The van der Waals surface area contributed by atoms with Gasteiger partial charge in [-0.2, -0.15) is 0 Å². The van der Waals surface area contributed by atoms with Gasteiger partial charge in [0.25, 0.3) is 0 Å². The van der Waals surface area contributed by atoms with E-state index in [1.54, 1.807) is 11.1 Å². The topological polar surface area (TPSA) is 74.8 Å². The van der Waals surface area contributed by atoms with E-state index in [9.17, 15) is 9.59 Å². The average molecular weight is 389 g/mol. The number of likely N-dealkylation sites (tertiary alicyclic amines) is 2. The van der Waals surface area contributed by atoms with Crippen molar-refractivity contribution in [3.8, 4) is 0 Å². The quantitative estimate of drug-likeness (QED) is 0.838. The second-order valence-corrected chi connectivity index (χ2v) is 8.02. The molecule has 154 valence electrons. The number of aromatic nitrogens is 1. The minimum absolute atomic E-state index is 0.0291.